The largest absolute Gasteiger partial charge is 0.497 e. The summed E-state index contributed by atoms with van der Waals surface area (Å²) in [5.74, 6) is 1.17. The fourth-order valence-electron chi connectivity index (χ4n) is 4.35. The van der Waals surface area contributed by atoms with E-state index >= 15 is 0 Å². The molecule has 2 aromatic carbocycles. The Hall–Kier alpha value is -2.04. The minimum atomic E-state index is -0.136. The van der Waals surface area contributed by atoms with Gasteiger partial charge in [-0.2, -0.15) is 0 Å². The second-order valence-corrected chi connectivity index (χ2v) is 7.99. The first-order chi connectivity index (χ1) is 13.1. The van der Waals surface area contributed by atoms with E-state index in [2.05, 4.69) is 41.8 Å². The third kappa shape index (κ3) is 4.18. The van der Waals surface area contributed by atoms with Crippen LogP contribution in [0.5, 0.6) is 5.75 Å². The number of methoxy groups -OCH3 is 1. The monoisotopic (exact) mass is 400 g/mol. The molecule has 2 aliphatic rings. The number of hydrogen-bond acceptors (Lipinski definition) is 3. The molecule has 5 heteroatoms. The first kappa shape index (κ1) is 20.7. The summed E-state index contributed by atoms with van der Waals surface area (Å²) in [5.41, 5.74) is 3.65. The van der Waals surface area contributed by atoms with Gasteiger partial charge in [0.2, 0.25) is 5.91 Å². The number of hydrogen-bond donors (Lipinski definition) is 2. The average Bonchev–Trinajstić information content (AvgIpc) is 3.40. The number of ether oxygens (including phenoxy) is 1. The van der Waals surface area contributed by atoms with Gasteiger partial charge in [-0.3, -0.25) is 4.79 Å². The fourth-order valence-corrected chi connectivity index (χ4v) is 4.35. The summed E-state index contributed by atoms with van der Waals surface area (Å²) in [4.78, 5) is 13.1. The molecule has 0 aromatic heterocycles. The molecule has 1 amide bonds. The predicted octanol–water partition coefficient (Wildman–Crippen LogP) is 4.02. The first-order valence-electron chi connectivity index (χ1n) is 9.83. The molecule has 1 aliphatic carbocycles. The fraction of sp³-hybridized carbons (Fsp3) is 0.435. The zero-order valence-electron chi connectivity index (χ0n) is 16.5. The molecule has 1 spiro atoms. The minimum Gasteiger partial charge on any atom is -0.497 e. The average molecular weight is 401 g/mol. The van der Waals surface area contributed by atoms with Crippen molar-refractivity contribution in [1.82, 2.24) is 10.6 Å². The highest BCUT2D eigenvalue weighted by atomic mass is 35.5. The summed E-state index contributed by atoms with van der Waals surface area (Å²) < 4.78 is 5.28. The molecule has 4 rings (SSSR count). The quantitative estimate of drug-likeness (QED) is 0.796. The van der Waals surface area contributed by atoms with Gasteiger partial charge in [-0.25, -0.2) is 0 Å². The second kappa shape index (κ2) is 8.54. The smallest absolute Gasteiger partial charge is 0.224 e. The van der Waals surface area contributed by atoms with Gasteiger partial charge in [-0.05, 0) is 68.0 Å². The van der Waals surface area contributed by atoms with Crippen molar-refractivity contribution in [2.45, 2.75) is 32.2 Å². The lowest BCUT2D eigenvalue weighted by Crippen LogP contribution is -2.35. The molecule has 2 N–H and O–H groups in total. The number of piperidine rings is 1. The summed E-state index contributed by atoms with van der Waals surface area (Å²) in [5, 5.41) is 6.74. The molecule has 2 unspecified atom stereocenters. The van der Waals surface area contributed by atoms with Crippen molar-refractivity contribution in [2.75, 3.05) is 20.2 Å². The molecule has 2 atom stereocenters. The summed E-state index contributed by atoms with van der Waals surface area (Å²) in [6, 6.07) is 16.3. The minimum absolute atomic E-state index is 0. The van der Waals surface area contributed by atoms with Gasteiger partial charge in [0.1, 0.15) is 5.75 Å². The number of benzene rings is 2. The van der Waals surface area contributed by atoms with Gasteiger partial charge in [-0.1, -0.05) is 42.0 Å². The van der Waals surface area contributed by atoms with Crippen LogP contribution in [0, 0.1) is 18.3 Å². The van der Waals surface area contributed by atoms with Crippen LogP contribution in [0.25, 0.3) is 0 Å². The van der Waals surface area contributed by atoms with Crippen molar-refractivity contribution in [1.29, 1.82) is 0 Å². The van der Waals surface area contributed by atoms with Crippen molar-refractivity contribution in [3.63, 3.8) is 0 Å². The number of aryl methyl sites for hydroxylation is 1. The van der Waals surface area contributed by atoms with Crippen molar-refractivity contribution in [3.05, 3.63) is 65.2 Å². The molecule has 1 saturated heterocycles. The zero-order valence-corrected chi connectivity index (χ0v) is 17.4. The maximum absolute atomic E-state index is 13.1. The Morgan fingerprint density at radius 1 is 1.07 bits per heavy atom. The van der Waals surface area contributed by atoms with Gasteiger partial charge in [0.05, 0.1) is 13.2 Å². The van der Waals surface area contributed by atoms with Crippen LogP contribution in [-0.4, -0.2) is 26.1 Å². The molecular weight excluding hydrogens is 372 g/mol. The number of nitrogens with one attached hydrogen (secondary N) is 2. The number of carbonyl (C=O) groups is 1. The highest BCUT2D eigenvalue weighted by Gasteiger charge is 2.57. The van der Waals surface area contributed by atoms with E-state index in [-0.39, 0.29) is 35.7 Å². The second-order valence-electron chi connectivity index (χ2n) is 7.99. The molecule has 2 aromatic rings. The normalized spacial score (nSPS) is 20.7. The van der Waals surface area contributed by atoms with Crippen LogP contribution in [0.2, 0.25) is 0 Å². The summed E-state index contributed by atoms with van der Waals surface area (Å²) in [6.07, 6.45) is 3.26. The molecule has 2 fully saturated rings. The summed E-state index contributed by atoms with van der Waals surface area (Å²) in [7, 11) is 1.67. The molecule has 1 aliphatic heterocycles. The van der Waals surface area contributed by atoms with Crippen LogP contribution < -0.4 is 15.4 Å². The van der Waals surface area contributed by atoms with E-state index in [1.807, 2.05) is 24.3 Å². The maximum atomic E-state index is 13.1. The van der Waals surface area contributed by atoms with Crippen molar-refractivity contribution in [3.8, 4) is 5.75 Å². The van der Waals surface area contributed by atoms with Gasteiger partial charge in [0, 0.05) is 5.92 Å². The molecule has 0 radical (unpaired) electrons. The molecular formula is C23H29ClN2O2. The van der Waals surface area contributed by atoms with Gasteiger partial charge >= 0.3 is 0 Å². The van der Waals surface area contributed by atoms with Crippen LogP contribution >= 0.6 is 12.4 Å². The number of rotatable bonds is 5. The predicted molar refractivity (Wildman–Crippen MR) is 114 cm³/mol. The lowest BCUT2D eigenvalue weighted by molar-refractivity contribution is -0.123. The molecule has 1 heterocycles. The Morgan fingerprint density at radius 2 is 1.64 bits per heavy atom. The highest BCUT2D eigenvalue weighted by molar-refractivity contribution is 5.85. The lowest BCUT2D eigenvalue weighted by Gasteiger charge is -2.25. The van der Waals surface area contributed by atoms with Crippen molar-refractivity contribution >= 4 is 18.3 Å². The van der Waals surface area contributed by atoms with Crippen LogP contribution in [0.1, 0.15) is 42.0 Å². The molecule has 0 bridgehead atoms. The lowest BCUT2D eigenvalue weighted by atomic mass is 9.91. The van der Waals surface area contributed by atoms with Crippen LogP contribution in [0.3, 0.4) is 0 Å². The van der Waals surface area contributed by atoms with E-state index in [4.69, 9.17) is 4.74 Å². The molecule has 1 saturated carbocycles. The Kier molecular flexibility index (Phi) is 6.31. The number of halogens is 1. The van der Waals surface area contributed by atoms with Crippen LogP contribution in [0.4, 0.5) is 0 Å². The Labute approximate surface area is 173 Å². The van der Waals surface area contributed by atoms with Crippen molar-refractivity contribution in [2.24, 2.45) is 11.3 Å². The first-order valence-corrected chi connectivity index (χ1v) is 9.83. The van der Waals surface area contributed by atoms with Gasteiger partial charge in [0.25, 0.3) is 0 Å². The van der Waals surface area contributed by atoms with Crippen LogP contribution in [0.15, 0.2) is 48.5 Å². The molecule has 28 heavy (non-hydrogen) atoms. The van der Waals surface area contributed by atoms with E-state index in [0.717, 1.165) is 49.2 Å². The number of amides is 1. The van der Waals surface area contributed by atoms with E-state index in [1.54, 1.807) is 7.11 Å². The van der Waals surface area contributed by atoms with E-state index < -0.39 is 0 Å². The Balaban J connectivity index is 0.00000225. The SMILES string of the molecule is COc1ccc(C(NC(=O)C2CC23CCNCC3)c2ccc(C)cc2)cc1.Cl. The van der Waals surface area contributed by atoms with Gasteiger partial charge in [-0.15, -0.1) is 12.4 Å². The highest BCUT2D eigenvalue weighted by Crippen LogP contribution is 2.58. The third-order valence-electron chi connectivity index (χ3n) is 6.25. The zero-order chi connectivity index (χ0) is 18.9. The van der Waals surface area contributed by atoms with E-state index in [1.165, 1.54) is 5.56 Å². The maximum Gasteiger partial charge on any atom is 0.224 e. The molecule has 150 valence electrons. The van der Waals surface area contributed by atoms with Gasteiger partial charge < -0.3 is 15.4 Å². The third-order valence-corrected chi connectivity index (χ3v) is 6.25. The van der Waals surface area contributed by atoms with E-state index in [9.17, 15) is 4.79 Å². The van der Waals surface area contributed by atoms with E-state index in [0.29, 0.717) is 0 Å². The Bertz CT molecular complexity index is 798. The topological polar surface area (TPSA) is 50.4 Å². The Morgan fingerprint density at radius 3 is 2.21 bits per heavy atom. The van der Waals surface area contributed by atoms with Crippen LogP contribution in [-0.2, 0) is 4.79 Å². The molecule has 4 nitrogen and oxygen atoms in total. The number of carbonyl (C=O) groups excluding carboxylic acids is 1. The standard InChI is InChI=1S/C23H28N2O2.ClH/c1-16-3-5-17(6-4-16)21(18-7-9-19(27-2)10-8-18)25-22(26)20-15-23(20)11-13-24-14-12-23;/h3-10,20-21,24H,11-15H2,1-2H3,(H,25,26);1H. The van der Waals surface area contributed by atoms with Crippen molar-refractivity contribution < 1.29 is 9.53 Å². The summed E-state index contributed by atoms with van der Waals surface area (Å²) >= 11 is 0. The summed E-state index contributed by atoms with van der Waals surface area (Å²) in [6.45, 7) is 4.14. The van der Waals surface area contributed by atoms with Gasteiger partial charge in [0.15, 0.2) is 0 Å².